The topological polar surface area (TPSA) is 42.0 Å². The van der Waals surface area contributed by atoms with Gasteiger partial charge in [0.15, 0.2) is 11.5 Å². The number of anilines is 1. The number of carbonyl (C=O) groups is 1. The Balaban J connectivity index is 1.59. The summed E-state index contributed by atoms with van der Waals surface area (Å²) in [5.74, 6) is 0.0614. The number of amides is 1. The van der Waals surface area contributed by atoms with Crippen LogP contribution in [0.2, 0.25) is 0 Å². The number of hydrogen-bond acceptors (Lipinski definition) is 4. The molecular weight excluding hydrogens is 378 g/mol. The van der Waals surface area contributed by atoms with Crippen LogP contribution in [-0.4, -0.2) is 50.7 Å². The van der Waals surface area contributed by atoms with Crippen LogP contribution in [0.15, 0.2) is 48.5 Å². The summed E-state index contributed by atoms with van der Waals surface area (Å²) in [7, 11) is 1.38. The first-order valence-corrected chi connectivity index (χ1v) is 9.38. The van der Waals surface area contributed by atoms with Crippen molar-refractivity contribution in [3.8, 4) is 11.5 Å². The Morgan fingerprint density at radius 3 is 2.45 bits per heavy atom. The smallest absolute Gasteiger partial charge is 0.387 e. The van der Waals surface area contributed by atoms with Gasteiger partial charge in [-0.3, -0.25) is 4.79 Å². The molecule has 3 rings (SSSR count). The van der Waals surface area contributed by atoms with Crippen LogP contribution in [0.25, 0.3) is 6.08 Å². The molecule has 1 aliphatic heterocycles. The molecule has 1 aliphatic rings. The Morgan fingerprint density at radius 1 is 1.07 bits per heavy atom. The van der Waals surface area contributed by atoms with Gasteiger partial charge in [0.2, 0.25) is 5.91 Å². The van der Waals surface area contributed by atoms with Gasteiger partial charge < -0.3 is 19.3 Å². The molecule has 1 saturated heterocycles. The molecule has 1 heterocycles. The van der Waals surface area contributed by atoms with Crippen LogP contribution < -0.4 is 14.4 Å². The normalized spacial score (nSPS) is 14.5. The number of alkyl halides is 2. The van der Waals surface area contributed by atoms with E-state index in [2.05, 4.69) is 28.7 Å². The molecule has 0 spiro atoms. The van der Waals surface area contributed by atoms with E-state index in [1.807, 2.05) is 12.1 Å². The van der Waals surface area contributed by atoms with E-state index in [-0.39, 0.29) is 17.4 Å². The van der Waals surface area contributed by atoms with Crippen molar-refractivity contribution in [2.24, 2.45) is 0 Å². The van der Waals surface area contributed by atoms with E-state index in [0.717, 1.165) is 13.1 Å². The number of ether oxygens (including phenoxy) is 2. The van der Waals surface area contributed by atoms with Crippen LogP contribution in [-0.2, 0) is 4.79 Å². The summed E-state index contributed by atoms with van der Waals surface area (Å²) in [6, 6.07) is 12.8. The fraction of sp³-hybridized carbons (Fsp3) is 0.318. The molecule has 5 nitrogen and oxygen atoms in total. The first kappa shape index (κ1) is 20.6. The van der Waals surface area contributed by atoms with Crippen molar-refractivity contribution in [3.05, 3.63) is 59.7 Å². The minimum atomic E-state index is -2.93. The summed E-state index contributed by atoms with van der Waals surface area (Å²) < 4.78 is 34.3. The van der Waals surface area contributed by atoms with E-state index >= 15 is 0 Å². The summed E-state index contributed by atoms with van der Waals surface area (Å²) in [5.41, 5.74) is 3.09. The Labute approximate surface area is 169 Å². The standard InChI is InChI=1S/C22H24F2N2O3/c1-16-5-3-4-6-18(16)25-11-13-26(14-12-25)21(27)10-8-17-7-9-19(29-22(23)24)20(15-17)28-2/h3-10,15,22H,11-14H2,1-2H3/b10-8+. The fourth-order valence-electron chi connectivity index (χ4n) is 3.34. The number of halogens is 2. The van der Waals surface area contributed by atoms with Crippen LogP contribution in [0.1, 0.15) is 11.1 Å². The highest BCUT2D eigenvalue weighted by atomic mass is 19.3. The highest BCUT2D eigenvalue weighted by Crippen LogP contribution is 2.30. The van der Waals surface area contributed by atoms with Gasteiger partial charge in [-0.1, -0.05) is 24.3 Å². The highest BCUT2D eigenvalue weighted by molar-refractivity contribution is 5.92. The van der Waals surface area contributed by atoms with Gasteiger partial charge in [0, 0.05) is 37.9 Å². The molecule has 0 N–H and O–H groups in total. The van der Waals surface area contributed by atoms with E-state index in [0.29, 0.717) is 18.7 Å². The molecular formula is C22H24F2N2O3. The van der Waals surface area contributed by atoms with Crippen molar-refractivity contribution in [2.75, 3.05) is 38.2 Å². The minimum Gasteiger partial charge on any atom is -0.493 e. The van der Waals surface area contributed by atoms with Gasteiger partial charge in [0.1, 0.15) is 0 Å². The van der Waals surface area contributed by atoms with Gasteiger partial charge in [-0.25, -0.2) is 0 Å². The molecule has 0 saturated carbocycles. The molecule has 0 aromatic heterocycles. The van der Waals surface area contributed by atoms with Crippen molar-refractivity contribution in [2.45, 2.75) is 13.5 Å². The van der Waals surface area contributed by atoms with Crippen LogP contribution in [0.5, 0.6) is 11.5 Å². The largest absolute Gasteiger partial charge is 0.493 e. The van der Waals surface area contributed by atoms with Crippen molar-refractivity contribution < 1.29 is 23.0 Å². The predicted octanol–water partition coefficient (Wildman–Crippen LogP) is 3.97. The maximum atomic E-state index is 12.5. The zero-order chi connectivity index (χ0) is 20.8. The predicted molar refractivity (Wildman–Crippen MR) is 109 cm³/mol. The number of rotatable bonds is 6. The van der Waals surface area contributed by atoms with E-state index < -0.39 is 6.61 Å². The zero-order valence-corrected chi connectivity index (χ0v) is 16.5. The number of aryl methyl sites for hydroxylation is 1. The summed E-state index contributed by atoms with van der Waals surface area (Å²) in [6.07, 6.45) is 3.14. The second-order valence-corrected chi connectivity index (χ2v) is 6.72. The first-order chi connectivity index (χ1) is 14.0. The molecule has 29 heavy (non-hydrogen) atoms. The number of hydrogen-bond donors (Lipinski definition) is 0. The van der Waals surface area contributed by atoms with E-state index in [1.165, 1.54) is 30.5 Å². The van der Waals surface area contributed by atoms with Gasteiger partial charge in [-0.15, -0.1) is 0 Å². The molecule has 0 unspecified atom stereocenters. The number of methoxy groups -OCH3 is 1. The summed E-state index contributed by atoms with van der Waals surface area (Å²) in [5, 5.41) is 0. The Bertz CT molecular complexity index is 878. The lowest BCUT2D eigenvalue weighted by atomic mass is 10.1. The second-order valence-electron chi connectivity index (χ2n) is 6.72. The molecule has 1 amide bonds. The highest BCUT2D eigenvalue weighted by Gasteiger charge is 2.20. The molecule has 2 aromatic carbocycles. The average molecular weight is 402 g/mol. The first-order valence-electron chi connectivity index (χ1n) is 9.38. The van der Waals surface area contributed by atoms with Crippen molar-refractivity contribution >= 4 is 17.7 Å². The van der Waals surface area contributed by atoms with Gasteiger partial charge in [0.05, 0.1) is 7.11 Å². The van der Waals surface area contributed by atoms with Gasteiger partial charge in [0.25, 0.3) is 0 Å². The zero-order valence-electron chi connectivity index (χ0n) is 16.5. The third-order valence-electron chi connectivity index (χ3n) is 4.87. The Kier molecular flexibility index (Phi) is 6.69. The molecule has 7 heteroatoms. The van der Waals surface area contributed by atoms with Gasteiger partial charge in [-0.05, 0) is 42.3 Å². The van der Waals surface area contributed by atoms with Crippen molar-refractivity contribution in [1.29, 1.82) is 0 Å². The van der Waals surface area contributed by atoms with Crippen LogP contribution in [0, 0.1) is 6.92 Å². The lowest BCUT2D eigenvalue weighted by Gasteiger charge is -2.36. The summed E-state index contributed by atoms with van der Waals surface area (Å²) in [6.45, 7) is 1.99. The maximum absolute atomic E-state index is 12.5. The molecule has 0 bridgehead atoms. The second kappa shape index (κ2) is 9.41. The van der Waals surface area contributed by atoms with E-state index in [9.17, 15) is 13.6 Å². The Morgan fingerprint density at radius 2 is 1.79 bits per heavy atom. The molecule has 1 fully saturated rings. The van der Waals surface area contributed by atoms with Gasteiger partial charge in [-0.2, -0.15) is 8.78 Å². The average Bonchev–Trinajstić information content (AvgIpc) is 2.73. The quantitative estimate of drug-likeness (QED) is 0.686. The molecule has 0 atom stereocenters. The monoisotopic (exact) mass is 402 g/mol. The van der Waals surface area contributed by atoms with Crippen molar-refractivity contribution in [3.63, 3.8) is 0 Å². The molecule has 0 radical (unpaired) electrons. The lowest BCUT2D eigenvalue weighted by Crippen LogP contribution is -2.48. The maximum Gasteiger partial charge on any atom is 0.387 e. The summed E-state index contributed by atoms with van der Waals surface area (Å²) >= 11 is 0. The molecule has 2 aromatic rings. The number of carbonyl (C=O) groups excluding carboxylic acids is 1. The Hall–Kier alpha value is -3.09. The lowest BCUT2D eigenvalue weighted by molar-refractivity contribution is -0.126. The van der Waals surface area contributed by atoms with E-state index in [1.54, 1.807) is 23.1 Å². The SMILES string of the molecule is COc1cc(/C=C/C(=O)N2CCN(c3ccccc3C)CC2)ccc1OC(F)F. The number of benzene rings is 2. The van der Waals surface area contributed by atoms with Crippen LogP contribution in [0.4, 0.5) is 14.5 Å². The van der Waals surface area contributed by atoms with Crippen LogP contribution >= 0.6 is 0 Å². The number of nitrogens with zero attached hydrogens (tertiary/aromatic N) is 2. The summed E-state index contributed by atoms with van der Waals surface area (Å²) in [4.78, 5) is 16.6. The van der Waals surface area contributed by atoms with Crippen LogP contribution in [0.3, 0.4) is 0 Å². The third-order valence-corrected chi connectivity index (χ3v) is 4.87. The minimum absolute atomic E-state index is 0.0432. The number of para-hydroxylation sites is 1. The van der Waals surface area contributed by atoms with Gasteiger partial charge >= 0.3 is 6.61 Å². The number of piperazine rings is 1. The van der Waals surface area contributed by atoms with E-state index in [4.69, 9.17) is 4.74 Å². The molecule has 0 aliphatic carbocycles. The fourth-order valence-corrected chi connectivity index (χ4v) is 3.34. The third kappa shape index (κ3) is 5.25. The van der Waals surface area contributed by atoms with Crippen molar-refractivity contribution in [1.82, 2.24) is 4.90 Å². The molecule has 154 valence electrons.